The third-order valence-corrected chi connectivity index (χ3v) is 12.8. The van der Waals surface area contributed by atoms with E-state index < -0.39 is 6.10 Å². The maximum Gasteiger partial charge on any atom is 0.306 e. The molecule has 0 fully saturated rings. The van der Waals surface area contributed by atoms with Gasteiger partial charge in [0.05, 0.1) is 0 Å². The van der Waals surface area contributed by atoms with Crippen LogP contribution in [0.5, 0.6) is 0 Å². The van der Waals surface area contributed by atoms with Gasteiger partial charge >= 0.3 is 17.9 Å². The van der Waals surface area contributed by atoms with Gasteiger partial charge in [-0.25, -0.2) is 0 Å². The van der Waals surface area contributed by atoms with Crippen LogP contribution in [-0.2, 0) is 28.6 Å². The Labute approximate surface area is 503 Å². The Kier molecular flexibility index (Phi) is 63.0. The molecule has 1 atom stereocenters. The zero-order valence-corrected chi connectivity index (χ0v) is 52.2. The first-order chi connectivity index (χ1) is 40.5. The molecule has 0 aromatic heterocycles. The Bertz CT molecular complexity index is 1970. The third-order valence-electron chi connectivity index (χ3n) is 12.8. The van der Waals surface area contributed by atoms with E-state index in [0.717, 1.165) is 173 Å². The Morgan fingerprint density at radius 1 is 0.256 bits per heavy atom. The summed E-state index contributed by atoms with van der Waals surface area (Å²) in [5, 5.41) is 0. The molecule has 456 valence electrons. The minimum Gasteiger partial charge on any atom is -0.462 e. The van der Waals surface area contributed by atoms with E-state index in [1.165, 1.54) is 25.7 Å². The molecule has 0 aliphatic heterocycles. The summed E-state index contributed by atoms with van der Waals surface area (Å²) >= 11 is 0. The van der Waals surface area contributed by atoms with Gasteiger partial charge < -0.3 is 14.2 Å². The van der Waals surface area contributed by atoms with Crippen molar-refractivity contribution in [3.63, 3.8) is 0 Å². The van der Waals surface area contributed by atoms with Crippen LogP contribution >= 0.6 is 0 Å². The van der Waals surface area contributed by atoms with Crippen LogP contribution in [0.25, 0.3) is 0 Å². The van der Waals surface area contributed by atoms with Crippen molar-refractivity contribution in [2.24, 2.45) is 0 Å². The Morgan fingerprint density at radius 2 is 0.488 bits per heavy atom. The van der Waals surface area contributed by atoms with Crippen LogP contribution in [-0.4, -0.2) is 37.2 Å². The van der Waals surface area contributed by atoms with E-state index in [2.05, 4.69) is 215 Å². The highest BCUT2D eigenvalue weighted by molar-refractivity contribution is 5.71. The zero-order chi connectivity index (χ0) is 59.2. The van der Waals surface area contributed by atoms with Gasteiger partial charge in [-0.05, 0) is 154 Å². The van der Waals surface area contributed by atoms with Crippen LogP contribution in [0, 0.1) is 0 Å². The van der Waals surface area contributed by atoms with Crippen LogP contribution in [0.1, 0.15) is 245 Å². The van der Waals surface area contributed by atoms with Crippen LogP contribution < -0.4 is 0 Å². The molecule has 0 spiro atoms. The van der Waals surface area contributed by atoms with Crippen molar-refractivity contribution < 1.29 is 28.6 Å². The van der Waals surface area contributed by atoms with E-state index >= 15 is 0 Å². The lowest BCUT2D eigenvalue weighted by Crippen LogP contribution is -2.30. The molecule has 1 unspecified atom stereocenters. The van der Waals surface area contributed by atoms with E-state index in [0.29, 0.717) is 12.8 Å². The van der Waals surface area contributed by atoms with Gasteiger partial charge in [-0.3, -0.25) is 14.4 Å². The largest absolute Gasteiger partial charge is 0.462 e. The van der Waals surface area contributed by atoms with Crippen molar-refractivity contribution in [1.29, 1.82) is 0 Å². The number of unbranched alkanes of at least 4 members (excludes halogenated alkanes) is 13. The molecule has 0 saturated carbocycles. The molecule has 82 heavy (non-hydrogen) atoms. The topological polar surface area (TPSA) is 78.9 Å². The van der Waals surface area contributed by atoms with E-state index in [1.54, 1.807) is 0 Å². The Balaban J connectivity index is 4.44. The van der Waals surface area contributed by atoms with Crippen molar-refractivity contribution in [2.45, 2.75) is 252 Å². The summed E-state index contributed by atoms with van der Waals surface area (Å²) in [6, 6.07) is 0. The smallest absolute Gasteiger partial charge is 0.306 e. The van der Waals surface area contributed by atoms with E-state index in [4.69, 9.17) is 14.2 Å². The SMILES string of the molecule is CC/C=C\C/C=C\C/C=C\C/C=C\C/C=C\C/C=C\C/C=C\C/C=C\C/C=C\CCCC(=O)OCC(COC(=O)CCCCCCC/C=C\CCC)OC(=O)CCCCCCCC/C=C\C/C=C\C/C=C\C/C=C\C/C=C\C/C=C\CC. The molecule has 0 amide bonds. The standard InChI is InChI=1S/C76H116O6/c1-4-7-10-13-16-19-22-24-26-28-30-32-34-36-37-38-39-41-42-44-46-48-50-52-54-57-60-63-66-69-75(78)81-72-73(71-80-74(77)68-65-62-59-56-21-18-15-12-9-6-3)82-76(79)70-67-64-61-58-55-53-51-49-47-45-43-40-35-33-31-29-27-25-23-20-17-14-11-8-5-2/h7-8,10-12,15-17,19-20,24-27,30-33,36-37,39-41,43-44,46-47,49-50,52,57,60,73H,4-6,9,13-14,18,21-23,28-29,34-35,38,42,45,48,51,53-56,58-59,61-72H2,1-3H3/b10-7-,11-8-,15-12-,19-16-,20-17-,26-24-,27-25-,32-30-,33-31-,37-36-,41-39-,43-40-,46-44-,49-47-,52-50-,60-57-. The predicted octanol–water partition coefficient (Wildman–Crippen LogP) is 22.6. The monoisotopic (exact) mass is 1120 g/mol. The molecule has 0 rings (SSSR count). The van der Waals surface area contributed by atoms with Gasteiger partial charge in [-0.15, -0.1) is 0 Å². The quantitative estimate of drug-likeness (QED) is 0.0261. The second-order valence-corrected chi connectivity index (χ2v) is 20.5. The number of hydrogen-bond donors (Lipinski definition) is 0. The molecule has 0 heterocycles. The van der Waals surface area contributed by atoms with E-state index in [9.17, 15) is 14.4 Å². The minimum atomic E-state index is -0.826. The first-order valence-electron chi connectivity index (χ1n) is 32.4. The predicted molar refractivity (Wildman–Crippen MR) is 357 cm³/mol. The van der Waals surface area contributed by atoms with Crippen LogP contribution in [0.4, 0.5) is 0 Å². The van der Waals surface area contributed by atoms with Crippen molar-refractivity contribution >= 4 is 17.9 Å². The Morgan fingerprint density at radius 3 is 0.805 bits per heavy atom. The summed E-state index contributed by atoms with van der Waals surface area (Å²) in [5.41, 5.74) is 0. The molecule has 6 nitrogen and oxygen atoms in total. The maximum atomic E-state index is 12.9. The van der Waals surface area contributed by atoms with Gasteiger partial charge in [-0.1, -0.05) is 267 Å². The number of allylic oxidation sites excluding steroid dienone is 32. The van der Waals surface area contributed by atoms with Gasteiger partial charge in [-0.2, -0.15) is 0 Å². The van der Waals surface area contributed by atoms with Gasteiger partial charge in [0.2, 0.25) is 0 Å². The van der Waals surface area contributed by atoms with Gasteiger partial charge in [0.1, 0.15) is 13.2 Å². The molecule has 0 N–H and O–H groups in total. The summed E-state index contributed by atoms with van der Waals surface area (Å²) in [7, 11) is 0. The third kappa shape index (κ3) is 65.1. The highest BCUT2D eigenvalue weighted by atomic mass is 16.6. The highest BCUT2D eigenvalue weighted by Crippen LogP contribution is 2.13. The van der Waals surface area contributed by atoms with Crippen molar-refractivity contribution in [1.82, 2.24) is 0 Å². The molecular formula is C76H116O6. The Hall–Kier alpha value is -5.75. The summed E-state index contributed by atoms with van der Waals surface area (Å²) in [6.07, 6.45) is 103. The maximum absolute atomic E-state index is 12.9. The average Bonchev–Trinajstić information content (AvgIpc) is 3.48. The molecule has 0 aromatic carbocycles. The number of carbonyl (C=O) groups excluding carboxylic acids is 3. The number of hydrogen-bond acceptors (Lipinski definition) is 6. The van der Waals surface area contributed by atoms with E-state index in [1.807, 2.05) is 0 Å². The van der Waals surface area contributed by atoms with Crippen molar-refractivity contribution in [3.05, 3.63) is 194 Å². The van der Waals surface area contributed by atoms with Gasteiger partial charge in [0.25, 0.3) is 0 Å². The fraction of sp³-hybridized carbons (Fsp3) is 0.539. The molecule has 0 aliphatic rings. The lowest BCUT2D eigenvalue weighted by atomic mass is 10.1. The molecule has 0 radical (unpaired) electrons. The fourth-order valence-corrected chi connectivity index (χ4v) is 8.04. The number of esters is 3. The molecule has 0 bridgehead atoms. The molecule has 0 aliphatic carbocycles. The zero-order valence-electron chi connectivity index (χ0n) is 52.2. The van der Waals surface area contributed by atoms with Crippen LogP contribution in [0.2, 0.25) is 0 Å². The fourth-order valence-electron chi connectivity index (χ4n) is 8.04. The van der Waals surface area contributed by atoms with Crippen LogP contribution in [0.3, 0.4) is 0 Å². The molecule has 0 saturated heterocycles. The first-order valence-corrected chi connectivity index (χ1v) is 32.4. The number of rotatable bonds is 56. The molecule has 0 aromatic rings. The highest BCUT2D eigenvalue weighted by Gasteiger charge is 2.19. The molecule has 6 heteroatoms. The first kappa shape index (κ1) is 76.2. The average molecular weight is 1130 g/mol. The second-order valence-electron chi connectivity index (χ2n) is 20.5. The van der Waals surface area contributed by atoms with Crippen LogP contribution in [0.15, 0.2) is 194 Å². The van der Waals surface area contributed by atoms with Crippen molar-refractivity contribution in [2.75, 3.05) is 13.2 Å². The summed E-state index contributed by atoms with van der Waals surface area (Å²) in [5.74, 6) is -1.01. The summed E-state index contributed by atoms with van der Waals surface area (Å²) in [4.78, 5) is 38.2. The van der Waals surface area contributed by atoms with Gasteiger partial charge in [0.15, 0.2) is 6.10 Å². The lowest BCUT2D eigenvalue weighted by Gasteiger charge is -2.18. The summed E-state index contributed by atoms with van der Waals surface area (Å²) < 4.78 is 16.8. The lowest BCUT2D eigenvalue weighted by molar-refractivity contribution is -0.167. The number of carbonyl (C=O) groups is 3. The van der Waals surface area contributed by atoms with Crippen molar-refractivity contribution in [3.8, 4) is 0 Å². The minimum absolute atomic E-state index is 0.117. The number of ether oxygens (including phenoxy) is 3. The van der Waals surface area contributed by atoms with E-state index in [-0.39, 0.29) is 44.0 Å². The summed E-state index contributed by atoms with van der Waals surface area (Å²) in [6.45, 7) is 6.26. The second kappa shape index (κ2) is 67.8. The normalized spacial score (nSPS) is 13.5. The molecular weight excluding hydrogens is 1010 g/mol. The van der Waals surface area contributed by atoms with Gasteiger partial charge in [0, 0.05) is 19.3 Å².